The molecule has 1 saturated carbocycles. The monoisotopic (exact) mass is 214 g/mol. The molecular formula is C10H15ClN2O. The summed E-state index contributed by atoms with van der Waals surface area (Å²) in [6, 6.07) is 0. The van der Waals surface area contributed by atoms with E-state index in [1.165, 1.54) is 12.8 Å². The molecule has 0 aromatic carbocycles. The van der Waals surface area contributed by atoms with E-state index in [1.807, 2.05) is 7.05 Å². The number of aliphatic hydroxyl groups excluding tert-OH is 1. The van der Waals surface area contributed by atoms with E-state index in [0.717, 1.165) is 5.69 Å². The molecule has 1 aromatic heterocycles. The van der Waals surface area contributed by atoms with Crippen LogP contribution in [0.25, 0.3) is 0 Å². The zero-order valence-electron chi connectivity index (χ0n) is 8.44. The summed E-state index contributed by atoms with van der Waals surface area (Å²) in [6.45, 7) is 2.09. The normalized spacial score (nSPS) is 20.9. The molecule has 1 N–H and O–H groups in total. The van der Waals surface area contributed by atoms with Crippen LogP contribution in [0.2, 0.25) is 5.28 Å². The highest BCUT2D eigenvalue weighted by molar-refractivity contribution is 6.28. The molecule has 2 atom stereocenters. The van der Waals surface area contributed by atoms with Gasteiger partial charge in [0, 0.05) is 7.05 Å². The summed E-state index contributed by atoms with van der Waals surface area (Å²) in [6.07, 6.45) is 3.70. The molecule has 1 fully saturated rings. The van der Waals surface area contributed by atoms with E-state index in [0.29, 0.717) is 17.1 Å². The summed E-state index contributed by atoms with van der Waals surface area (Å²) < 4.78 is 1.74. The van der Waals surface area contributed by atoms with Crippen molar-refractivity contribution in [1.29, 1.82) is 0 Å². The summed E-state index contributed by atoms with van der Waals surface area (Å²) in [7, 11) is 1.83. The van der Waals surface area contributed by atoms with Crippen molar-refractivity contribution in [3.63, 3.8) is 0 Å². The van der Waals surface area contributed by atoms with Crippen molar-refractivity contribution in [3.8, 4) is 0 Å². The maximum Gasteiger partial charge on any atom is 0.202 e. The van der Waals surface area contributed by atoms with E-state index in [1.54, 1.807) is 10.8 Å². The average molecular weight is 215 g/mol. The quantitative estimate of drug-likeness (QED) is 0.838. The number of aromatic nitrogens is 2. The van der Waals surface area contributed by atoms with Crippen molar-refractivity contribution in [2.24, 2.45) is 18.9 Å². The van der Waals surface area contributed by atoms with Crippen LogP contribution < -0.4 is 0 Å². The van der Waals surface area contributed by atoms with Crippen LogP contribution in [-0.2, 0) is 7.05 Å². The van der Waals surface area contributed by atoms with Gasteiger partial charge in [0.25, 0.3) is 0 Å². The number of imidazole rings is 1. The molecule has 0 saturated heterocycles. The zero-order chi connectivity index (χ0) is 10.3. The largest absolute Gasteiger partial charge is 0.387 e. The van der Waals surface area contributed by atoms with Crippen molar-refractivity contribution in [3.05, 3.63) is 17.2 Å². The summed E-state index contributed by atoms with van der Waals surface area (Å²) in [5.41, 5.74) is 0.814. The number of hydrogen-bond donors (Lipinski definition) is 1. The number of halogens is 1. The Labute approximate surface area is 88.7 Å². The second kappa shape index (κ2) is 3.55. The van der Waals surface area contributed by atoms with E-state index in [2.05, 4.69) is 11.9 Å². The zero-order valence-corrected chi connectivity index (χ0v) is 9.20. The molecule has 2 rings (SSSR count). The summed E-state index contributed by atoms with van der Waals surface area (Å²) in [5.74, 6) is 0.986. The molecular weight excluding hydrogens is 200 g/mol. The van der Waals surface area contributed by atoms with Gasteiger partial charge in [0.15, 0.2) is 0 Å². The number of hydrogen-bond acceptors (Lipinski definition) is 2. The van der Waals surface area contributed by atoms with Gasteiger partial charge in [-0.3, -0.25) is 0 Å². The van der Waals surface area contributed by atoms with Crippen molar-refractivity contribution in [2.75, 3.05) is 0 Å². The molecule has 2 unspecified atom stereocenters. The Balaban J connectivity index is 2.17. The molecule has 1 aromatic rings. The van der Waals surface area contributed by atoms with E-state index < -0.39 is 6.10 Å². The lowest BCUT2D eigenvalue weighted by molar-refractivity contribution is 0.0988. The van der Waals surface area contributed by atoms with Gasteiger partial charge < -0.3 is 9.67 Å². The minimum Gasteiger partial charge on any atom is -0.387 e. The molecule has 0 radical (unpaired) electrons. The first-order valence-corrected chi connectivity index (χ1v) is 5.34. The van der Waals surface area contributed by atoms with Crippen molar-refractivity contribution < 1.29 is 5.11 Å². The summed E-state index contributed by atoms with van der Waals surface area (Å²) in [5, 5.41) is 10.5. The van der Waals surface area contributed by atoms with E-state index in [-0.39, 0.29) is 0 Å². The van der Waals surface area contributed by atoms with Crippen LogP contribution in [0.3, 0.4) is 0 Å². The SMILES string of the molecule is CC(C1CC1)C(O)c1cnc(Cl)n1C. The highest BCUT2D eigenvalue weighted by Gasteiger charge is 2.34. The predicted octanol–water partition coefficient (Wildman–Crippen LogP) is 2.15. The first-order chi connectivity index (χ1) is 6.61. The van der Waals surface area contributed by atoms with Crippen molar-refractivity contribution in [1.82, 2.24) is 9.55 Å². The third-order valence-electron chi connectivity index (χ3n) is 3.13. The van der Waals surface area contributed by atoms with Crippen LogP contribution in [0, 0.1) is 11.8 Å². The molecule has 78 valence electrons. The number of rotatable bonds is 3. The van der Waals surface area contributed by atoms with Crippen LogP contribution in [0.1, 0.15) is 31.6 Å². The summed E-state index contributed by atoms with van der Waals surface area (Å²) in [4.78, 5) is 3.97. The van der Waals surface area contributed by atoms with Gasteiger partial charge in [-0.25, -0.2) is 4.98 Å². The second-order valence-electron chi connectivity index (χ2n) is 4.15. The Morgan fingerprint density at radius 1 is 1.64 bits per heavy atom. The van der Waals surface area contributed by atoms with Gasteiger partial charge in [-0.05, 0) is 36.3 Å². The van der Waals surface area contributed by atoms with Gasteiger partial charge in [0.1, 0.15) is 0 Å². The van der Waals surface area contributed by atoms with Crippen LogP contribution in [0.5, 0.6) is 0 Å². The molecule has 14 heavy (non-hydrogen) atoms. The molecule has 1 heterocycles. The van der Waals surface area contributed by atoms with Gasteiger partial charge in [-0.2, -0.15) is 0 Å². The molecule has 0 bridgehead atoms. The number of nitrogens with zero attached hydrogens (tertiary/aromatic N) is 2. The average Bonchev–Trinajstić information content (AvgIpc) is 2.95. The highest BCUT2D eigenvalue weighted by Crippen LogP contribution is 2.42. The third kappa shape index (κ3) is 1.66. The van der Waals surface area contributed by atoms with Gasteiger partial charge in [-0.15, -0.1) is 0 Å². The Morgan fingerprint density at radius 2 is 2.29 bits per heavy atom. The topological polar surface area (TPSA) is 38.1 Å². The van der Waals surface area contributed by atoms with E-state index >= 15 is 0 Å². The molecule has 0 amide bonds. The lowest BCUT2D eigenvalue weighted by Gasteiger charge is -2.18. The highest BCUT2D eigenvalue weighted by atomic mass is 35.5. The Kier molecular flexibility index (Phi) is 2.54. The molecule has 3 nitrogen and oxygen atoms in total. The van der Waals surface area contributed by atoms with Crippen molar-refractivity contribution >= 4 is 11.6 Å². The molecule has 0 spiro atoms. The first-order valence-electron chi connectivity index (χ1n) is 4.96. The fraction of sp³-hybridized carbons (Fsp3) is 0.700. The fourth-order valence-corrected chi connectivity index (χ4v) is 1.97. The Bertz CT molecular complexity index is 333. The standard InChI is InChI=1S/C10H15ClN2O/c1-6(7-3-4-7)9(14)8-5-12-10(11)13(8)2/h5-7,9,14H,3-4H2,1-2H3. The third-order valence-corrected chi connectivity index (χ3v) is 3.49. The van der Waals surface area contributed by atoms with Crippen LogP contribution >= 0.6 is 11.6 Å². The second-order valence-corrected chi connectivity index (χ2v) is 4.49. The molecule has 0 aliphatic heterocycles. The van der Waals surface area contributed by atoms with E-state index in [9.17, 15) is 5.11 Å². The Morgan fingerprint density at radius 3 is 2.71 bits per heavy atom. The molecule has 1 aliphatic rings. The lowest BCUT2D eigenvalue weighted by Crippen LogP contribution is -2.14. The first kappa shape index (κ1) is 9.99. The smallest absolute Gasteiger partial charge is 0.202 e. The van der Waals surface area contributed by atoms with Crippen molar-refractivity contribution in [2.45, 2.75) is 25.9 Å². The fourth-order valence-electron chi connectivity index (χ4n) is 1.82. The predicted molar refractivity (Wildman–Crippen MR) is 55.1 cm³/mol. The summed E-state index contributed by atoms with van der Waals surface area (Å²) >= 11 is 5.81. The molecule has 4 heteroatoms. The maximum atomic E-state index is 10.1. The minimum atomic E-state index is -0.438. The number of aliphatic hydroxyl groups is 1. The van der Waals surface area contributed by atoms with E-state index in [4.69, 9.17) is 11.6 Å². The van der Waals surface area contributed by atoms with Gasteiger partial charge in [-0.1, -0.05) is 6.92 Å². The van der Waals surface area contributed by atoms with Gasteiger partial charge in [0.05, 0.1) is 18.0 Å². The van der Waals surface area contributed by atoms with Gasteiger partial charge in [0.2, 0.25) is 5.28 Å². The lowest BCUT2D eigenvalue weighted by atomic mass is 9.97. The minimum absolute atomic E-state index is 0.307. The maximum absolute atomic E-state index is 10.1. The molecule has 1 aliphatic carbocycles. The van der Waals surface area contributed by atoms with Gasteiger partial charge >= 0.3 is 0 Å². The van der Waals surface area contributed by atoms with Crippen LogP contribution in [0.15, 0.2) is 6.20 Å². The Hall–Kier alpha value is -0.540. The van der Waals surface area contributed by atoms with Crippen LogP contribution in [-0.4, -0.2) is 14.7 Å². The van der Waals surface area contributed by atoms with Crippen LogP contribution in [0.4, 0.5) is 0 Å².